The molecular formula is C20H24FN5O2. The highest BCUT2D eigenvalue weighted by molar-refractivity contribution is 5.92. The number of aryl methyl sites for hydroxylation is 3. The molecule has 148 valence electrons. The van der Waals surface area contributed by atoms with Gasteiger partial charge in [0.15, 0.2) is 0 Å². The summed E-state index contributed by atoms with van der Waals surface area (Å²) < 4.78 is 22.4. The van der Waals surface area contributed by atoms with Crippen molar-refractivity contribution in [1.29, 1.82) is 0 Å². The molecule has 1 N–H and O–H groups in total. The molecule has 7 nitrogen and oxygen atoms in total. The molecule has 1 aliphatic heterocycles. The molecule has 2 atom stereocenters. The lowest BCUT2D eigenvalue weighted by molar-refractivity contribution is -0.119. The number of hydrogen-bond acceptors (Lipinski definition) is 4. The Morgan fingerprint density at radius 2 is 2.21 bits per heavy atom. The Kier molecular flexibility index (Phi) is 4.78. The highest BCUT2D eigenvalue weighted by atomic mass is 19.1. The van der Waals surface area contributed by atoms with Gasteiger partial charge in [-0.05, 0) is 31.5 Å². The third kappa shape index (κ3) is 3.34. The van der Waals surface area contributed by atoms with Gasteiger partial charge in [0, 0.05) is 43.4 Å². The van der Waals surface area contributed by atoms with Gasteiger partial charge in [-0.25, -0.2) is 4.39 Å². The smallest absolute Gasteiger partial charge is 0.220 e. The van der Waals surface area contributed by atoms with E-state index in [2.05, 4.69) is 15.5 Å². The number of halogens is 1. The molecule has 1 saturated heterocycles. The SMILES string of the molecule is Cc1c2c(OC(C)C3CNC(=O)C3)cc(-c3cnn(CCF)c3)cc2nn1C. The van der Waals surface area contributed by atoms with Crippen LogP contribution in [0, 0.1) is 12.8 Å². The van der Waals surface area contributed by atoms with Gasteiger partial charge in [-0.1, -0.05) is 0 Å². The fourth-order valence-corrected chi connectivity index (χ4v) is 3.68. The van der Waals surface area contributed by atoms with E-state index in [-0.39, 0.29) is 24.5 Å². The molecule has 8 heteroatoms. The molecule has 3 heterocycles. The van der Waals surface area contributed by atoms with Crippen molar-refractivity contribution in [2.75, 3.05) is 13.2 Å². The van der Waals surface area contributed by atoms with Crippen LogP contribution >= 0.6 is 0 Å². The Balaban J connectivity index is 1.73. The maximum atomic E-state index is 12.6. The summed E-state index contributed by atoms with van der Waals surface area (Å²) in [6.45, 7) is 4.40. The highest BCUT2D eigenvalue weighted by Crippen LogP contribution is 2.35. The van der Waals surface area contributed by atoms with Gasteiger partial charge in [0.05, 0.1) is 23.6 Å². The molecule has 2 unspecified atom stereocenters. The number of hydrogen-bond donors (Lipinski definition) is 1. The Labute approximate surface area is 162 Å². The highest BCUT2D eigenvalue weighted by Gasteiger charge is 2.28. The molecule has 28 heavy (non-hydrogen) atoms. The minimum Gasteiger partial charge on any atom is -0.490 e. The fourth-order valence-electron chi connectivity index (χ4n) is 3.68. The first-order valence-corrected chi connectivity index (χ1v) is 9.45. The fraction of sp³-hybridized carbons (Fsp3) is 0.450. The second kappa shape index (κ2) is 7.26. The van der Waals surface area contributed by atoms with Crippen molar-refractivity contribution in [2.24, 2.45) is 13.0 Å². The van der Waals surface area contributed by atoms with Gasteiger partial charge in [-0.2, -0.15) is 10.2 Å². The van der Waals surface area contributed by atoms with E-state index in [0.29, 0.717) is 13.0 Å². The normalized spacial score (nSPS) is 17.9. The van der Waals surface area contributed by atoms with E-state index in [1.807, 2.05) is 43.9 Å². The number of amides is 1. The largest absolute Gasteiger partial charge is 0.490 e. The summed E-state index contributed by atoms with van der Waals surface area (Å²) in [5.41, 5.74) is 3.64. The van der Waals surface area contributed by atoms with Crippen molar-refractivity contribution in [1.82, 2.24) is 24.9 Å². The second-order valence-corrected chi connectivity index (χ2v) is 7.35. The van der Waals surface area contributed by atoms with Crippen molar-refractivity contribution >= 4 is 16.8 Å². The average molecular weight is 385 g/mol. The van der Waals surface area contributed by atoms with Gasteiger partial charge in [0.2, 0.25) is 5.91 Å². The summed E-state index contributed by atoms with van der Waals surface area (Å²) in [6, 6.07) is 3.98. The number of carbonyl (C=O) groups is 1. The number of aromatic nitrogens is 4. The van der Waals surface area contributed by atoms with Gasteiger partial charge < -0.3 is 10.1 Å². The molecule has 3 aromatic rings. The number of nitrogens with one attached hydrogen (secondary N) is 1. The lowest BCUT2D eigenvalue weighted by Gasteiger charge is -2.20. The summed E-state index contributed by atoms with van der Waals surface area (Å²) in [7, 11) is 1.90. The first kappa shape index (κ1) is 18.5. The molecule has 0 saturated carbocycles. The molecule has 0 bridgehead atoms. The van der Waals surface area contributed by atoms with Crippen molar-refractivity contribution in [3.8, 4) is 16.9 Å². The number of ether oxygens (including phenoxy) is 1. The lowest BCUT2D eigenvalue weighted by Crippen LogP contribution is -2.25. The summed E-state index contributed by atoms with van der Waals surface area (Å²) in [5.74, 6) is 0.941. The number of carbonyl (C=O) groups excluding carboxylic acids is 1. The Hall–Kier alpha value is -2.90. The standard InChI is InChI=1S/C20H24FN5O2/c1-12-20-17(24-25(12)3)6-14(16-10-23-26(11-16)5-4-21)7-18(20)28-13(2)15-8-19(27)22-9-15/h6-7,10-11,13,15H,4-5,8-9H2,1-3H3,(H,22,27). The molecule has 1 aromatic carbocycles. The summed E-state index contributed by atoms with van der Waals surface area (Å²) in [4.78, 5) is 11.6. The van der Waals surface area contributed by atoms with E-state index in [9.17, 15) is 9.18 Å². The van der Waals surface area contributed by atoms with Crippen LogP contribution in [0.25, 0.3) is 22.0 Å². The molecule has 1 fully saturated rings. The van der Waals surface area contributed by atoms with Gasteiger partial charge in [0.1, 0.15) is 18.5 Å². The molecule has 2 aromatic heterocycles. The van der Waals surface area contributed by atoms with Gasteiger partial charge in [-0.15, -0.1) is 0 Å². The lowest BCUT2D eigenvalue weighted by atomic mass is 10.0. The van der Waals surface area contributed by atoms with Crippen molar-refractivity contribution < 1.29 is 13.9 Å². The van der Waals surface area contributed by atoms with Gasteiger partial charge in [0.25, 0.3) is 0 Å². The van der Waals surface area contributed by atoms with Crippen LogP contribution in [-0.4, -0.2) is 44.8 Å². The van der Waals surface area contributed by atoms with Crippen LogP contribution < -0.4 is 10.1 Å². The monoisotopic (exact) mass is 385 g/mol. The minimum atomic E-state index is -0.459. The number of rotatable bonds is 6. The van der Waals surface area contributed by atoms with Crippen molar-refractivity contribution in [3.05, 3.63) is 30.2 Å². The van der Waals surface area contributed by atoms with Crippen molar-refractivity contribution in [3.63, 3.8) is 0 Å². The second-order valence-electron chi connectivity index (χ2n) is 7.35. The number of alkyl halides is 1. The van der Waals surface area contributed by atoms with E-state index in [4.69, 9.17) is 4.74 Å². The summed E-state index contributed by atoms with van der Waals surface area (Å²) >= 11 is 0. The summed E-state index contributed by atoms with van der Waals surface area (Å²) in [6.07, 6.45) is 3.90. The molecule has 1 aliphatic rings. The van der Waals surface area contributed by atoms with E-state index in [0.717, 1.165) is 33.5 Å². The zero-order valence-corrected chi connectivity index (χ0v) is 16.3. The van der Waals surface area contributed by atoms with Crippen LogP contribution in [0.15, 0.2) is 24.5 Å². The predicted molar refractivity (Wildman–Crippen MR) is 104 cm³/mol. The first-order chi connectivity index (χ1) is 13.5. The van der Waals surface area contributed by atoms with Crippen LogP contribution in [0.2, 0.25) is 0 Å². The molecule has 0 spiro atoms. The number of fused-ring (bicyclic) bond motifs is 1. The maximum absolute atomic E-state index is 12.6. The molecule has 1 amide bonds. The van der Waals surface area contributed by atoms with Crippen molar-refractivity contribution in [2.45, 2.75) is 32.9 Å². The topological polar surface area (TPSA) is 74.0 Å². The Morgan fingerprint density at radius 3 is 2.93 bits per heavy atom. The first-order valence-electron chi connectivity index (χ1n) is 9.45. The average Bonchev–Trinajstić information content (AvgIpc) is 3.36. The zero-order chi connectivity index (χ0) is 19.8. The van der Waals surface area contributed by atoms with Crippen LogP contribution in [0.1, 0.15) is 19.0 Å². The third-order valence-electron chi connectivity index (χ3n) is 5.45. The van der Waals surface area contributed by atoms with E-state index in [1.165, 1.54) is 0 Å². The summed E-state index contributed by atoms with van der Waals surface area (Å²) in [5, 5.41) is 12.6. The molecule has 0 aliphatic carbocycles. The molecular weight excluding hydrogens is 361 g/mol. The van der Waals surface area contributed by atoms with Crippen LogP contribution in [0.3, 0.4) is 0 Å². The predicted octanol–water partition coefficient (Wildman–Crippen LogP) is 2.62. The van der Waals surface area contributed by atoms with Crippen LogP contribution in [0.4, 0.5) is 4.39 Å². The Bertz CT molecular complexity index is 1030. The van der Waals surface area contributed by atoms with Gasteiger partial charge >= 0.3 is 0 Å². The minimum absolute atomic E-state index is 0.0668. The third-order valence-corrected chi connectivity index (χ3v) is 5.45. The van der Waals surface area contributed by atoms with Gasteiger partial charge in [-0.3, -0.25) is 14.2 Å². The Morgan fingerprint density at radius 1 is 1.39 bits per heavy atom. The van der Waals surface area contributed by atoms with Crippen LogP contribution in [-0.2, 0) is 18.4 Å². The van der Waals surface area contributed by atoms with E-state index < -0.39 is 6.67 Å². The maximum Gasteiger partial charge on any atom is 0.220 e. The van der Waals surface area contributed by atoms with Crippen LogP contribution in [0.5, 0.6) is 5.75 Å². The van der Waals surface area contributed by atoms with E-state index >= 15 is 0 Å². The van der Waals surface area contributed by atoms with E-state index in [1.54, 1.807) is 10.9 Å². The quantitative estimate of drug-likeness (QED) is 0.708. The molecule has 0 radical (unpaired) electrons. The zero-order valence-electron chi connectivity index (χ0n) is 16.3. The molecule has 4 rings (SSSR count). The number of nitrogens with zero attached hydrogens (tertiary/aromatic N) is 4. The number of benzene rings is 1.